The molecule has 0 aliphatic heterocycles. The molecule has 0 atom stereocenters. The van der Waals surface area contributed by atoms with Crippen molar-refractivity contribution in [1.82, 2.24) is 9.55 Å². The third-order valence-corrected chi connectivity index (χ3v) is 5.41. The Morgan fingerprint density at radius 2 is 1.61 bits per heavy atom. The van der Waals surface area contributed by atoms with Crippen molar-refractivity contribution in [2.24, 2.45) is 0 Å². The van der Waals surface area contributed by atoms with E-state index in [2.05, 4.69) is 41.8 Å². The normalized spacial score (nSPS) is 11.1. The van der Waals surface area contributed by atoms with Gasteiger partial charge in [-0.1, -0.05) is 60.7 Å². The Bertz CT molecular complexity index is 1330. The summed E-state index contributed by atoms with van der Waals surface area (Å²) in [7, 11) is 0. The number of benzene rings is 4. The maximum absolute atomic E-state index is 6.19. The quantitative estimate of drug-likeness (QED) is 0.324. The molecule has 154 valence electrons. The average Bonchev–Trinajstić information content (AvgIpc) is 3.15. The minimum absolute atomic E-state index is 0.409. The van der Waals surface area contributed by atoms with E-state index < -0.39 is 0 Å². The summed E-state index contributed by atoms with van der Waals surface area (Å²) in [5.74, 6) is 2.65. The van der Waals surface area contributed by atoms with Crippen LogP contribution < -0.4 is 9.47 Å². The van der Waals surface area contributed by atoms with E-state index in [0.717, 1.165) is 33.7 Å². The van der Waals surface area contributed by atoms with Gasteiger partial charge in [0.15, 0.2) is 0 Å². The van der Waals surface area contributed by atoms with Crippen molar-refractivity contribution in [3.63, 3.8) is 0 Å². The summed E-state index contributed by atoms with van der Waals surface area (Å²) < 4.78 is 14.4. The Morgan fingerprint density at radius 3 is 2.55 bits per heavy atom. The number of para-hydroxylation sites is 2. The van der Waals surface area contributed by atoms with E-state index in [9.17, 15) is 0 Å². The van der Waals surface area contributed by atoms with Gasteiger partial charge in [-0.15, -0.1) is 0 Å². The Hall–Kier alpha value is -3.79. The third kappa shape index (κ3) is 4.10. The van der Waals surface area contributed by atoms with Gasteiger partial charge < -0.3 is 14.0 Å². The fourth-order valence-electron chi connectivity index (χ4n) is 3.91. The van der Waals surface area contributed by atoms with Crippen LogP contribution in [-0.4, -0.2) is 16.2 Å². The lowest BCUT2D eigenvalue weighted by atomic mass is 10.1. The van der Waals surface area contributed by atoms with Gasteiger partial charge in [0.2, 0.25) is 0 Å². The fourth-order valence-corrected chi connectivity index (χ4v) is 3.91. The van der Waals surface area contributed by atoms with E-state index in [0.29, 0.717) is 19.8 Å². The van der Waals surface area contributed by atoms with Crippen LogP contribution in [0.5, 0.6) is 11.5 Å². The van der Waals surface area contributed by atoms with Crippen LogP contribution in [0.3, 0.4) is 0 Å². The number of hydrogen-bond acceptors (Lipinski definition) is 3. The first-order valence-electron chi connectivity index (χ1n) is 10.5. The van der Waals surface area contributed by atoms with Crippen molar-refractivity contribution in [2.75, 3.05) is 6.61 Å². The van der Waals surface area contributed by atoms with E-state index in [-0.39, 0.29) is 0 Å². The highest BCUT2D eigenvalue weighted by Crippen LogP contribution is 2.25. The van der Waals surface area contributed by atoms with Crippen molar-refractivity contribution in [3.05, 3.63) is 102 Å². The highest BCUT2D eigenvalue weighted by molar-refractivity contribution is 5.88. The largest absolute Gasteiger partial charge is 0.491 e. The number of aromatic nitrogens is 2. The molecule has 31 heavy (non-hydrogen) atoms. The number of fused-ring (bicyclic) bond motifs is 2. The molecule has 0 bridgehead atoms. The molecule has 0 amide bonds. The van der Waals surface area contributed by atoms with Gasteiger partial charge in [0.25, 0.3) is 0 Å². The maximum atomic E-state index is 6.19. The second kappa shape index (κ2) is 8.52. The minimum atomic E-state index is 0.409. The van der Waals surface area contributed by atoms with Crippen LogP contribution in [0.4, 0.5) is 0 Å². The van der Waals surface area contributed by atoms with E-state index in [1.54, 1.807) is 0 Å². The molecule has 0 radical (unpaired) electrons. The van der Waals surface area contributed by atoms with Gasteiger partial charge in [0.05, 0.1) is 17.6 Å². The number of aryl methyl sites for hydroxylation is 1. The molecular weight excluding hydrogens is 384 g/mol. The highest BCUT2D eigenvalue weighted by Gasteiger charge is 2.12. The van der Waals surface area contributed by atoms with Crippen LogP contribution in [0, 0.1) is 6.92 Å². The van der Waals surface area contributed by atoms with Crippen LogP contribution in [0.2, 0.25) is 0 Å². The van der Waals surface area contributed by atoms with Crippen molar-refractivity contribution in [1.29, 1.82) is 0 Å². The molecule has 4 nitrogen and oxygen atoms in total. The predicted molar refractivity (Wildman–Crippen MR) is 125 cm³/mol. The summed E-state index contributed by atoms with van der Waals surface area (Å²) in [6.45, 7) is 3.71. The topological polar surface area (TPSA) is 36.3 Å². The standard InChI is InChI=1S/C27H24N2O2/c1-20-8-6-11-22(18-20)31-19-27-28-24-13-4-5-14-25(24)29(27)16-17-30-26-15-7-10-21-9-2-3-12-23(21)26/h2-15,18H,16-17,19H2,1H3. The fraction of sp³-hybridized carbons (Fsp3) is 0.148. The summed E-state index contributed by atoms with van der Waals surface area (Å²) in [5.41, 5.74) is 3.23. The highest BCUT2D eigenvalue weighted by atomic mass is 16.5. The van der Waals surface area contributed by atoms with Crippen LogP contribution in [0.25, 0.3) is 21.8 Å². The first kappa shape index (κ1) is 19.2. The second-order valence-electron chi connectivity index (χ2n) is 7.60. The average molecular weight is 409 g/mol. The molecule has 5 aromatic rings. The van der Waals surface area contributed by atoms with Gasteiger partial charge in [-0.05, 0) is 48.2 Å². The van der Waals surface area contributed by atoms with E-state index in [1.807, 2.05) is 60.7 Å². The monoisotopic (exact) mass is 408 g/mol. The smallest absolute Gasteiger partial charge is 0.148 e. The SMILES string of the molecule is Cc1cccc(OCc2nc3ccccc3n2CCOc2cccc3ccccc23)c1. The zero-order valence-corrected chi connectivity index (χ0v) is 17.5. The molecule has 4 aromatic carbocycles. The van der Waals surface area contributed by atoms with Crippen molar-refractivity contribution >= 4 is 21.8 Å². The number of imidazole rings is 1. The van der Waals surface area contributed by atoms with Gasteiger partial charge in [-0.2, -0.15) is 0 Å². The molecule has 5 rings (SSSR count). The van der Waals surface area contributed by atoms with Crippen molar-refractivity contribution in [3.8, 4) is 11.5 Å². The van der Waals surface area contributed by atoms with Gasteiger partial charge in [0, 0.05) is 5.39 Å². The molecule has 0 aliphatic carbocycles. The number of ether oxygens (including phenoxy) is 2. The lowest BCUT2D eigenvalue weighted by molar-refractivity contribution is 0.273. The summed E-state index contributed by atoms with van der Waals surface area (Å²) in [5, 5.41) is 2.31. The van der Waals surface area contributed by atoms with E-state index in [1.165, 1.54) is 10.9 Å². The Kier molecular flexibility index (Phi) is 5.28. The molecule has 0 fully saturated rings. The van der Waals surface area contributed by atoms with Crippen LogP contribution in [0.1, 0.15) is 11.4 Å². The van der Waals surface area contributed by atoms with Crippen LogP contribution >= 0.6 is 0 Å². The first-order chi connectivity index (χ1) is 15.3. The Labute approximate surface area is 181 Å². The van der Waals surface area contributed by atoms with Crippen LogP contribution in [-0.2, 0) is 13.2 Å². The summed E-state index contributed by atoms with van der Waals surface area (Å²) in [4.78, 5) is 4.81. The zero-order chi connectivity index (χ0) is 21.0. The number of hydrogen-bond donors (Lipinski definition) is 0. The molecule has 1 aromatic heterocycles. The second-order valence-corrected chi connectivity index (χ2v) is 7.60. The van der Waals surface area contributed by atoms with Crippen LogP contribution in [0.15, 0.2) is 91.0 Å². The molecule has 0 saturated carbocycles. The van der Waals surface area contributed by atoms with E-state index >= 15 is 0 Å². The van der Waals surface area contributed by atoms with Gasteiger partial charge >= 0.3 is 0 Å². The molecule has 0 aliphatic rings. The predicted octanol–water partition coefficient (Wildman–Crippen LogP) is 6.16. The summed E-state index contributed by atoms with van der Waals surface area (Å²) in [6, 6.07) is 30.7. The molecular formula is C27H24N2O2. The maximum Gasteiger partial charge on any atom is 0.148 e. The number of rotatable bonds is 7. The molecule has 1 heterocycles. The zero-order valence-electron chi connectivity index (χ0n) is 17.5. The molecule has 0 N–H and O–H groups in total. The summed E-state index contributed by atoms with van der Waals surface area (Å²) >= 11 is 0. The van der Waals surface area contributed by atoms with Gasteiger partial charge in [-0.25, -0.2) is 4.98 Å². The molecule has 0 saturated heterocycles. The van der Waals surface area contributed by atoms with E-state index in [4.69, 9.17) is 14.5 Å². The molecule has 0 unspecified atom stereocenters. The van der Waals surface area contributed by atoms with Gasteiger partial charge in [-0.3, -0.25) is 0 Å². The van der Waals surface area contributed by atoms with Gasteiger partial charge in [0.1, 0.15) is 30.5 Å². The Balaban J connectivity index is 1.36. The molecule has 4 heteroatoms. The van der Waals surface area contributed by atoms with Crippen molar-refractivity contribution in [2.45, 2.75) is 20.1 Å². The number of nitrogens with zero attached hydrogens (tertiary/aromatic N) is 2. The lowest BCUT2D eigenvalue weighted by Crippen LogP contribution is -2.13. The third-order valence-electron chi connectivity index (χ3n) is 5.41. The van der Waals surface area contributed by atoms with Crippen molar-refractivity contribution < 1.29 is 9.47 Å². The molecule has 0 spiro atoms. The Morgan fingerprint density at radius 1 is 0.806 bits per heavy atom. The minimum Gasteiger partial charge on any atom is -0.491 e. The summed E-state index contributed by atoms with van der Waals surface area (Å²) in [6.07, 6.45) is 0. The first-order valence-corrected chi connectivity index (χ1v) is 10.5. The lowest BCUT2D eigenvalue weighted by Gasteiger charge is -2.13.